The minimum absolute atomic E-state index is 0.566. The van der Waals surface area contributed by atoms with Crippen LogP contribution in [0, 0.1) is 0 Å². The van der Waals surface area contributed by atoms with Gasteiger partial charge < -0.3 is 9.68 Å². The van der Waals surface area contributed by atoms with Gasteiger partial charge in [0.1, 0.15) is 5.75 Å². The molecule has 1 aromatic heterocycles. The average Bonchev–Trinajstić information content (AvgIpc) is 2.90. The first-order chi connectivity index (χ1) is 16.3. The largest absolute Gasteiger partial charge is 0.569 e. The molecule has 0 amide bonds. The van der Waals surface area contributed by atoms with E-state index in [-0.39, 0.29) is 0 Å². The summed E-state index contributed by atoms with van der Waals surface area (Å²) in [5, 5.41) is 8.89. The number of hydrogen-bond acceptors (Lipinski definition) is 5. The lowest BCUT2D eigenvalue weighted by atomic mass is 10.0. The summed E-state index contributed by atoms with van der Waals surface area (Å²) in [6.45, 7) is 0. The summed E-state index contributed by atoms with van der Waals surface area (Å²) >= 11 is 0. The standard InChI is InChI=1S/C27H19BN3O2/c32-28-33-24-13-7-12-23(18-24)19-14-16-22(17-15-19)27-30-25(20-8-3-1-4-9-20)29-26(31-27)21-10-5-2-6-11-21/h1-18,32H. The van der Waals surface area contributed by atoms with E-state index >= 15 is 0 Å². The normalized spacial score (nSPS) is 10.6. The van der Waals surface area contributed by atoms with Crippen molar-refractivity contribution in [3.05, 3.63) is 109 Å². The maximum atomic E-state index is 8.89. The van der Waals surface area contributed by atoms with Crippen LogP contribution in [-0.2, 0) is 0 Å². The highest BCUT2D eigenvalue weighted by molar-refractivity contribution is 6.17. The van der Waals surface area contributed by atoms with Crippen molar-refractivity contribution in [1.82, 2.24) is 15.0 Å². The molecule has 0 saturated heterocycles. The second-order valence-electron chi connectivity index (χ2n) is 7.37. The molecule has 0 atom stereocenters. The molecule has 157 valence electrons. The van der Waals surface area contributed by atoms with Gasteiger partial charge in [-0.25, -0.2) is 15.0 Å². The zero-order valence-corrected chi connectivity index (χ0v) is 17.7. The number of aromatic nitrogens is 3. The predicted molar refractivity (Wildman–Crippen MR) is 130 cm³/mol. The van der Waals surface area contributed by atoms with Crippen molar-refractivity contribution in [2.45, 2.75) is 0 Å². The van der Waals surface area contributed by atoms with Crippen LogP contribution in [0.2, 0.25) is 0 Å². The van der Waals surface area contributed by atoms with Crippen LogP contribution in [0.15, 0.2) is 109 Å². The van der Waals surface area contributed by atoms with Crippen LogP contribution in [0.1, 0.15) is 0 Å². The summed E-state index contributed by atoms with van der Waals surface area (Å²) in [7, 11) is 0.678. The molecule has 0 aliphatic rings. The Hall–Kier alpha value is -4.29. The van der Waals surface area contributed by atoms with Gasteiger partial charge in [0.15, 0.2) is 17.5 Å². The third-order valence-electron chi connectivity index (χ3n) is 5.20. The number of hydrogen-bond donors (Lipinski definition) is 1. The number of benzene rings is 4. The predicted octanol–water partition coefficient (Wildman–Crippen LogP) is 5.44. The van der Waals surface area contributed by atoms with E-state index in [0.29, 0.717) is 30.9 Å². The number of rotatable bonds is 6. The Morgan fingerprint density at radius 1 is 0.485 bits per heavy atom. The minimum Gasteiger partial charge on any atom is -0.537 e. The first-order valence-corrected chi connectivity index (χ1v) is 10.5. The Balaban J connectivity index is 1.55. The monoisotopic (exact) mass is 428 g/mol. The first-order valence-electron chi connectivity index (χ1n) is 10.5. The van der Waals surface area contributed by atoms with E-state index in [1.807, 2.05) is 103 Å². The molecule has 1 heterocycles. The maximum absolute atomic E-state index is 8.89. The van der Waals surface area contributed by atoms with Crippen molar-refractivity contribution in [1.29, 1.82) is 0 Å². The molecule has 5 nitrogen and oxygen atoms in total. The molecular weight excluding hydrogens is 409 g/mol. The third-order valence-corrected chi connectivity index (χ3v) is 5.20. The van der Waals surface area contributed by atoms with Crippen LogP contribution >= 0.6 is 0 Å². The molecule has 6 heteroatoms. The SMILES string of the molecule is O[B]Oc1cccc(-c2ccc(-c3nc(-c4ccccc4)nc(-c4ccccc4)n3)cc2)c1. The van der Waals surface area contributed by atoms with Gasteiger partial charge in [0, 0.05) is 16.7 Å². The molecule has 0 aliphatic heterocycles. The van der Waals surface area contributed by atoms with Gasteiger partial charge in [0.25, 0.3) is 0 Å². The van der Waals surface area contributed by atoms with Gasteiger partial charge in [-0.15, -0.1) is 0 Å². The van der Waals surface area contributed by atoms with Crippen LogP contribution < -0.4 is 4.65 Å². The van der Waals surface area contributed by atoms with Gasteiger partial charge in [0.2, 0.25) is 0 Å². The molecule has 0 saturated carbocycles. The molecule has 5 aromatic rings. The Bertz CT molecular complexity index is 1300. The van der Waals surface area contributed by atoms with E-state index < -0.39 is 0 Å². The fourth-order valence-electron chi connectivity index (χ4n) is 3.56. The summed E-state index contributed by atoms with van der Waals surface area (Å²) in [6.07, 6.45) is 0. The minimum atomic E-state index is 0.566. The molecule has 4 aromatic carbocycles. The average molecular weight is 428 g/mol. The fourth-order valence-corrected chi connectivity index (χ4v) is 3.56. The van der Waals surface area contributed by atoms with Crippen LogP contribution in [0.4, 0.5) is 0 Å². The molecule has 0 unspecified atom stereocenters. The van der Waals surface area contributed by atoms with Crippen LogP contribution in [0.5, 0.6) is 5.75 Å². The summed E-state index contributed by atoms with van der Waals surface area (Å²) in [5.74, 6) is 2.44. The van der Waals surface area contributed by atoms with E-state index in [9.17, 15) is 0 Å². The lowest BCUT2D eigenvalue weighted by Crippen LogP contribution is -2.00. The molecule has 33 heavy (non-hydrogen) atoms. The van der Waals surface area contributed by atoms with Crippen molar-refractivity contribution in [2.24, 2.45) is 0 Å². The molecule has 0 bridgehead atoms. The lowest BCUT2D eigenvalue weighted by molar-refractivity contribution is 0.454. The van der Waals surface area contributed by atoms with Crippen molar-refractivity contribution >= 4 is 7.69 Å². The Morgan fingerprint density at radius 3 is 1.45 bits per heavy atom. The van der Waals surface area contributed by atoms with Crippen LogP contribution in [0.25, 0.3) is 45.3 Å². The van der Waals surface area contributed by atoms with Gasteiger partial charge in [-0.3, -0.25) is 0 Å². The van der Waals surface area contributed by atoms with E-state index in [2.05, 4.69) is 0 Å². The zero-order chi connectivity index (χ0) is 22.5. The summed E-state index contributed by atoms with van der Waals surface area (Å²) in [4.78, 5) is 14.3. The van der Waals surface area contributed by atoms with Gasteiger partial charge in [-0.1, -0.05) is 97.1 Å². The van der Waals surface area contributed by atoms with Gasteiger partial charge >= 0.3 is 7.69 Å². The second kappa shape index (κ2) is 9.46. The fraction of sp³-hybridized carbons (Fsp3) is 0. The topological polar surface area (TPSA) is 68.1 Å². The van der Waals surface area contributed by atoms with Gasteiger partial charge in [-0.05, 0) is 23.3 Å². The molecule has 0 aliphatic carbocycles. The quantitative estimate of drug-likeness (QED) is 0.365. The van der Waals surface area contributed by atoms with Gasteiger partial charge in [-0.2, -0.15) is 0 Å². The lowest BCUT2D eigenvalue weighted by Gasteiger charge is -2.09. The van der Waals surface area contributed by atoms with Crippen molar-refractivity contribution in [2.75, 3.05) is 0 Å². The molecule has 0 spiro atoms. The maximum Gasteiger partial charge on any atom is 0.569 e. The van der Waals surface area contributed by atoms with Crippen molar-refractivity contribution in [3.8, 4) is 51.0 Å². The van der Waals surface area contributed by atoms with E-state index in [0.717, 1.165) is 27.8 Å². The number of nitrogens with zero attached hydrogens (tertiary/aromatic N) is 3. The Morgan fingerprint density at radius 2 is 0.939 bits per heavy atom. The highest BCUT2D eigenvalue weighted by atomic mass is 16.5. The summed E-state index contributed by atoms with van der Waals surface area (Å²) in [5.41, 5.74) is 4.76. The molecular formula is C27H19BN3O2. The molecule has 0 fully saturated rings. The third kappa shape index (κ3) is 4.66. The van der Waals surface area contributed by atoms with Gasteiger partial charge in [0.05, 0.1) is 0 Å². The Kier molecular flexibility index (Phi) is 5.91. The summed E-state index contributed by atoms with van der Waals surface area (Å²) < 4.78 is 5.08. The van der Waals surface area contributed by atoms with Crippen molar-refractivity contribution < 1.29 is 9.68 Å². The molecule has 1 radical (unpaired) electrons. The smallest absolute Gasteiger partial charge is 0.537 e. The van der Waals surface area contributed by atoms with E-state index in [4.69, 9.17) is 24.6 Å². The summed E-state index contributed by atoms with van der Waals surface area (Å²) in [6, 6.07) is 35.4. The van der Waals surface area contributed by atoms with Crippen molar-refractivity contribution in [3.63, 3.8) is 0 Å². The highest BCUT2D eigenvalue weighted by Gasteiger charge is 2.12. The van der Waals surface area contributed by atoms with Crippen LogP contribution in [-0.4, -0.2) is 27.7 Å². The first kappa shape index (κ1) is 20.6. The highest BCUT2D eigenvalue weighted by Crippen LogP contribution is 2.28. The van der Waals surface area contributed by atoms with E-state index in [1.165, 1.54) is 0 Å². The molecule has 5 rings (SSSR count). The Labute approximate surface area is 192 Å². The van der Waals surface area contributed by atoms with E-state index in [1.54, 1.807) is 6.07 Å². The molecule has 1 N–H and O–H groups in total. The second-order valence-corrected chi connectivity index (χ2v) is 7.37. The zero-order valence-electron chi connectivity index (χ0n) is 17.7. The van der Waals surface area contributed by atoms with Crippen LogP contribution in [0.3, 0.4) is 0 Å².